The number of rotatable bonds is 2. The number of benzene rings is 1. The molecule has 4 aromatic rings. The summed E-state index contributed by atoms with van der Waals surface area (Å²) in [4.78, 5) is 5.43. The van der Waals surface area contributed by atoms with Crippen molar-refractivity contribution in [3.8, 4) is 20.9 Å². The van der Waals surface area contributed by atoms with E-state index in [0.717, 1.165) is 11.0 Å². The number of fused-ring (bicyclic) bond motifs is 11. The van der Waals surface area contributed by atoms with Crippen molar-refractivity contribution in [3.05, 3.63) is 163 Å². The van der Waals surface area contributed by atoms with Crippen molar-refractivity contribution < 1.29 is 0 Å². The Bertz CT molecular complexity index is 2310. The number of hydrogen-bond acceptors (Lipinski definition) is 5. The molecule has 4 atom stereocenters. The molecule has 3 aromatic heterocycles. The van der Waals surface area contributed by atoms with Crippen LogP contribution in [0.15, 0.2) is 142 Å². The summed E-state index contributed by atoms with van der Waals surface area (Å²) in [6.07, 6.45) is 27.5. The fourth-order valence-corrected chi connectivity index (χ4v) is 13.5. The smallest absolute Gasteiger partial charge is 0.114 e. The van der Waals surface area contributed by atoms with Crippen LogP contribution in [-0.2, 0) is 21.7 Å². The molecule has 0 aliphatic heterocycles. The van der Waals surface area contributed by atoms with E-state index in [2.05, 4.69) is 153 Å². The second-order valence-corrected chi connectivity index (χ2v) is 18.5. The Morgan fingerprint density at radius 2 is 0.804 bits per heavy atom. The maximum atomic E-state index is 5.02. The molecular formula is C46H40N2S3. The zero-order chi connectivity index (χ0) is 35.2. The molecule has 6 aliphatic rings. The summed E-state index contributed by atoms with van der Waals surface area (Å²) in [5, 5.41) is 0. The van der Waals surface area contributed by atoms with Gasteiger partial charge in [-0.25, -0.2) is 0 Å². The number of allylic oxidation sites excluding steroid dienone is 20. The Hall–Kier alpha value is -4.16. The highest BCUT2D eigenvalue weighted by molar-refractivity contribution is 7.16. The van der Waals surface area contributed by atoms with Crippen molar-refractivity contribution >= 4 is 45.4 Å². The van der Waals surface area contributed by atoms with E-state index < -0.39 is 0 Å². The molecule has 0 saturated carbocycles. The number of aromatic nitrogens is 2. The quantitative estimate of drug-likeness (QED) is 0.206. The van der Waals surface area contributed by atoms with Crippen molar-refractivity contribution in [1.29, 1.82) is 0 Å². The normalized spacial score (nSPS) is 29.9. The molecule has 1 aromatic carbocycles. The minimum atomic E-state index is -0.176. The van der Waals surface area contributed by atoms with Gasteiger partial charge in [0.1, 0.15) is 11.0 Å². The largest absolute Gasteiger partial charge is 0.172 e. The standard InChI is InChI=1S/C46H40N2S3/c1-25-13-9-17-31-33-19-11-15-27(3)45(33,7)41-35(43(25,31)5)23-37(49-41)29-21-22-30(40-39(29)47-51-48-40)38-24-36-42(50-38)46(8)28(4)16-12-20-34(46)32-18-10-14-26(2)44(32,36)6/h9-24H,1-8H3. The highest BCUT2D eigenvalue weighted by Gasteiger charge is 2.52. The average Bonchev–Trinajstić information content (AvgIpc) is 3.89. The summed E-state index contributed by atoms with van der Waals surface area (Å²) >= 11 is 5.23. The predicted molar refractivity (Wildman–Crippen MR) is 219 cm³/mol. The fourth-order valence-electron chi connectivity index (χ4n) is 9.89. The van der Waals surface area contributed by atoms with Gasteiger partial charge >= 0.3 is 0 Å². The predicted octanol–water partition coefficient (Wildman–Crippen LogP) is 12.9. The van der Waals surface area contributed by atoms with Crippen molar-refractivity contribution in [2.75, 3.05) is 0 Å². The monoisotopic (exact) mass is 716 g/mol. The number of thiophene rings is 2. The summed E-state index contributed by atoms with van der Waals surface area (Å²) in [5.41, 5.74) is 17.8. The van der Waals surface area contributed by atoms with Gasteiger partial charge in [-0.15, -0.1) is 22.7 Å². The molecule has 51 heavy (non-hydrogen) atoms. The lowest BCUT2D eigenvalue weighted by Gasteiger charge is -2.48. The van der Waals surface area contributed by atoms with Gasteiger partial charge in [-0.1, -0.05) is 107 Å². The van der Waals surface area contributed by atoms with Crippen LogP contribution in [0.25, 0.3) is 31.9 Å². The third kappa shape index (κ3) is 3.67. The van der Waals surface area contributed by atoms with Crippen molar-refractivity contribution in [2.24, 2.45) is 0 Å². The third-order valence-electron chi connectivity index (χ3n) is 13.7. The molecule has 0 N–H and O–H groups in total. The highest BCUT2D eigenvalue weighted by atomic mass is 32.1. The summed E-state index contributed by atoms with van der Waals surface area (Å²) in [5.74, 6) is 0. The molecule has 0 spiro atoms. The molecule has 0 bridgehead atoms. The van der Waals surface area contributed by atoms with Gasteiger partial charge in [0.05, 0.1) is 11.7 Å². The first kappa shape index (κ1) is 31.6. The second-order valence-electron chi connectivity index (χ2n) is 15.8. The fraction of sp³-hybridized carbons (Fsp3) is 0.261. The van der Waals surface area contributed by atoms with E-state index in [-0.39, 0.29) is 21.7 Å². The van der Waals surface area contributed by atoms with Gasteiger partial charge in [0.25, 0.3) is 0 Å². The Kier molecular flexibility index (Phi) is 6.34. The molecule has 3 heterocycles. The number of hydrogen-bond donors (Lipinski definition) is 0. The van der Waals surface area contributed by atoms with Gasteiger partial charge in [-0.2, -0.15) is 8.75 Å². The molecule has 5 heteroatoms. The topological polar surface area (TPSA) is 25.8 Å². The van der Waals surface area contributed by atoms with E-state index in [1.165, 1.54) is 98.1 Å². The SMILES string of the molecule is CC1=CC=CC2=C3C=CC=C(C)C3(C)c3sc(-c4ccc(-c5cc6c(s5)C5(C)C(C)=CC=CC5=C5C=CC=C(C)C56C)c5nsnc45)cc3C12C. The summed E-state index contributed by atoms with van der Waals surface area (Å²) in [6, 6.07) is 9.61. The van der Waals surface area contributed by atoms with Gasteiger partial charge in [-0.3, -0.25) is 0 Å². The van der Waals surface area contributed by atoms with Crippen LogP contribution in [0.1, 0.15) is 76.3 Å². The summed E-state index contributed by atoms with van der Waals surface area (Å²) in [6.45, 7) is 18.9. The molecular weight excluding hydrogens is 677 g/mol. The van der Waals surface area contributed by atoms with Gasteiger partial charge < -0.3 is 0 Å². The molecule has 252 valence electrons. The second kappa shape index (κ2) is 10.2. The van der Waals surface area contributed by atoms with Gasteiger partial charge in [0, 0.05) is 52.3 Å². The lowest BCUT2D eigenvalue weighted by atomic mass is 9.56. The first-order valence-corrected chi connectivity index (χ1v) is 20.3. The van der Waals surface area contributed by atoms with Crippen LogP contribution in [0.3, 0.4) is 0 Å². The van der Waals surface area contributed by atoms with E-state index in [4.69, 9.17) is 8.75 Å². The molecule has 0 saturated heterocycles. The summed E-state index contributed by atoms with van der Waals surface area (Å²) in [7, 11) is 0. The minimum Gasteiger partial charge on any atom is -0.172 e. The van der Waals surface area contributed by atoms with Crippen molar-refractivity contribution in [1.82, 2.24) is 8.75 Å². The zero-order valence-electron chi connectivity index (χ0n) is 30.4. The molecule has 4 unspecified atom stereocenters. The van der Waals surface area contributed by atoms with Crippen LogP contribution in [0.2, 0.25) is 0 Å². The molecule has 0 amide bonds. The molecule has 10 rings (SSSR count). The van der Waals surface area contributed by atoms with Crippen molar-refractivity contribution in [3.63, 3.8) is 0 Å². The van der Waals surface area contributed by atoms with E-state index in [1.807, 2.05) is 22.7 Å². The van der Waals surface area contributed by atoms with E-state index in [9.17, 15) is 0 Å². The maximum Gasteiger partial charge on any atom is 0.114 e. The van der Waals surface area contributed by atoms with Crippen LogP contribution in [-0.4, -0.2) is 8.75 Å². The molecule has 0 fully saturated rings. The highest BCUT2D eigenvalue weighted by Crippen LogP contribution is 2.63. The van der Waals surface area contributed by atoms with E-state index in [1.54, 1.807) is 0 Å². The van der Waals surface area contributed by atoms with Gasteiger partial charge in [0.15, 0.2) is 0 Å². The average molecular weight is 717 g/mol. The Balaban J connectivity index is 1.15. The number of nitrogens with zero attached hydrogens (tertiary/aromatic N) is 2. The molecule has 6 aliphatic carbocycles. The van der Waals surface area contributed by atoms with Crippen LogP contribution in [0, 0.1) is 0 Å². The first-order chi connectivity index (χ1) is 24.4. The minimum absolute atomic E-state index is 0.168. The van der Waals surface area contributed by atoms with Crippen LogP contribution in [0.4, 0.5) is 0 Å². The summed E-state index contributed by atoms with van der Waals surface area (Å²) < 4.78 is 10.0. The zero-order valence-corrected chi connectivity index (χ0v) is 32.8. The van der Waals surface area contributed by atoms with Crippen LogP contribution in [0.5, 0.6) is 0 Å². The molecule has 2 nitrogen and oxygen atoms in total. The molecule has 0 radical (unpaired) electrons. The Labute approximate surface area is 313 Å². The van der Waals surface area contributed by atoms with Gasteiger partial charge in [-0.05, 0) is 101 Å². The van der Waals surface area contributed by atoms with E-state index >= 15 is 0 Å². The first-order valence-electron chi connectivity index (χ1n) is 17.9. The maximum absolute atomic E-state index is 5.02. The van der Waals surface area contributed by atoms with E-state index in [0.29, 0.717) is 0 Å². The van der Waals surface area contributed by atoms with Crippen LogP contribution < -0.4 is 0 Å². The van der Waals surface area contributed by atoms with Crippen LogP contribution >= 0.6 is 34.4 Å². The van der Waals surface area contributed by atoms with Gasteiger partial charge in [0.2, 0.25) is 0 Å². The third-order valence-corrected chi connectivity index (χ3v) is 17.0. The Morgan fingerprint density at radius 1 is 0.471 bits per heavy atom. The lowest BCUT2D eigenvalue weighted by Crippen LogP contribution is -2.41. The van der Waals surface area contributed by atoms with Crippen molar-refractivity contribution in [2.45, 2.75) is 77.0 Å². The Morgan fingerprint density at radius 3 is 1.18 bits per heavy atom. The lowest BCUT2D eigenvalue weighted by molar-refractivity contribution is 0.562.